The topological polar surface area (TPSA) is 44.1 Å². The van der Waals surface area contributed by atoms with Crippen LogP contribution in [0, 0.1) is 6.92 Å². The minimum absolute atomic E-state index is 0.0187. The number of hydrogen-bond donors (Lipinski definition) is 0. The standard InChI is InChI=1S/C18H11Cl2F3N2O2/c1-10-3-2-4-12(7-10)25-16(9-15(24-25)18(21,22)23)27-17(26)13-6-5-11(19)8-14(13)20/h2-9H,1H3. The van der Waals surface area contributed by atoms with Gasteiger partial charge < -0.3 is 4.74 Å². The molecule has 1 aromatic heterocycles. The summed E-state index contributed by atoms with van der Waals surface area (Å²) in [5.74, 6) is -1.32. The maximum Gasteiger partial charge on any atom is 0.435 e. The number of aromatic nitrogens is 2. The fourth-order valence-corrected chi connectivity index (χ4v) is 2.81. The second-order valence-electron chi connectivity index (χ2n) is 5.63. The lowest BCUT2D eigenvalue weighted by Gasteiger charge is -2.09. The van der Waals surface area contributed by atoms with Crippen molar-refractivity contribution in [1.82, 2.24) is 9.78 Å². The van der Waals surface area contributed by atoms with Gasteiger partial charge in [-0.3, -0.25) is 0 Å². The Bertz CT molecular complexity index is 1020. The fourth-order valence-electron chi connectivity index (χ4n) is 2.32. The fraction of sp³-hybridized carbons (Fsp3) is 0.111. The Balaban J connectivity index is 2.03. The number of nitrogens with zero attached hydrogens (tertiary/aromatic N) is 2. The maximum absolute atomic E-state index is 13.1. The molecular formula is C18H11Cl2F3N2O2. The zero-order chi connectivity index (χ0) is 19.8. The lowest BCUT2D eigenvalue weighted by molar-refractivity contribution is -0.141. The first-order chi connectivity index (χ1) is 12.6. The average Bonchev–Trinajstić information content (AvgIpc) is 2.98. The summed E-state index contributed by atoms with van der Waals surface area (Å²) in [4.78, 5) is 12.4. The Morgan fingerprint density at radius 2 is 1.85 bits per heavy atom. The Morgan fingerprint density at radius 3 is 2.48 bits per heavy atom. The predicted molar refractivity (Wildman–Crippen MR) is 94.7 cm³/mol. The van der Waals surface area contributed by atoms with Crippen LogP contribution in [-0.4, -0.2) is 15.7 Å². The molecule has 0 aliphatic heterocycles. The molecule has 0 fully saturated rings. The van der Waals surface area contributed by atoms with Gasteiger partial charge in [0.25, 0.3) is 0 Å². The molecule has 0 aliphatic rings. The molecule has 140 valence electrons. The van der Waals surface area contributed by atoms with Crippen LogP contribution in [0.15, 0.2) is 48.5 Å². The van der Waals surface area contributed by atoms with Gasteiger partial charge in [0.05, 0.1) is 16.3 Å². The number of halogens is 5. The van der Waals surface area contributed by atoms with E-state index in [-0.39, 0.29) is 16.5 Å². The number of carbonyl (C=O) groups is 1. The van der Waals surface area contributed by atoms with Crippen LogP contribution in [0.5, 0.6) is 5.88 Å². The van der Waals surface area contributed by atoms with Crippen molar-refractivity contribution in [3.63, 3.8) is 0 Å². The first-order valence-corrected chi connectivity index (χ1v) is 8.32. The largest absolute Gasteiger partial charge is 0.435 e. The third-order valence-corrected chi connectivity index (χ3v) is 4.11. The van der Waals surface area contributed by atoms with E-state index in [1.807, 2.05) is 0 Å². The van der Waals surface area contributed by atoms with Crippen molar-refractivity contribution in [3.05, 3.63) is 75.4 Å². The van der Waals surface area contributed by atoms with E-state index in [4.69, 9.17) is 27.9 Å². The van der Waals surface area contributed by atoms with Crippen LogP contribution in [0.3, 0.4) is 0 Å². The van der Waals surface area contributed by atoms with E-state index in [1.165, 1.54) is 18.2 Å². The minimum atomic E-state index is -4.70. The van der Waals surface area contributed by atoms with Gasteiger partial charge in [0.2, 0.25) is 5.88 Å². The third-order valence-electron chi connectivity index (χ3n) is 3.56. The Labute approximate surface area is 162 Å². The highest BCUT2D eigenvalue weighted by atomic mass is 35.5. The number of ether oxygens (including phenoxy) is 1. The summed E-state index contributed by atoms with van der Waals surface area (Å²) >= 11 is 11.7. The second kappa shape index (κ2) is 7.25. The lowest BCUT2D eigenvalue weighted by atomic mass is 10.2. The molecule has 2 aromatic carbocycles. The number of esters is 1. The number of carbonyl (C=O) groups excluding carboxylic acids is 1. The first kappa shape index (κ1) is 19.3. The highest BCUT2D eigenvalue weighted by Gasteiger charge is 2.36. The molecule has 3 rings (SSSR count). The van der Waals surface area contributed by atoms with Crippen LogP contribution in [-0.2, 0) is 6.18 Å². The number of hydrogen-bond acceptors (Lipinski definition) is 3. The molecule has 0 bridgehead atoms. The second-order valence-corrected chi connectivity index (χ2v) is 6.47. The van der Waals surface area contributed by atoms with Gasteiger partial charge in [-0.25, -0.2) is 9.48 Å². The summed E-state index contributed by atoms with van der Waals surface area (Å²) in [7, 11) is 0. The molecule has 0 saturated heterocycles. The predicted octanol–water partition coefficient (Wildman–Crippen LogP) is 5.73. The van der Waals surface area contributed by atoms with Crippen molar-refractivity contribution >= 4 is 29.2 Å². The number of benzene rings is 2. The summed E-state index contributed by atoms with van der Waals surface area (Å²) in [5.41, 5.74) is -0.106. The molecule has 4 nitrogen and oxygen atoms in total. The van der Waals surface area contributed by atoms with Gasteiger partial charge in [-0.2, -0.15) is 18.3 Å². The van der Waals surface area contributed by atoms with Gasteiger partial charge in [0.1, 0.15) is 0 Å². The van der Waals surface area contributed by atoms with Crippen molar-refractivity contribution in [2.45, 2.75) is 13.1 Å². The van der Waals surface area contributed by atoms with Crippen LogP contribution < -0.4 is 4.74 Å². The van der Waals surface area contributed by atoms with Gasteiger partial charge in [-0.1, -0.05) is 35.3 Å². The Morgan fingerprint density at radius 1 is 1.11 bits per heavy atom. The van der Waals surface area contributed by atoms with E-state index in [2.05, 4.69) is 5.10 Å². The van der Waals surface area contributed by atoms with Crippen LogP contribution in [0.1, 0.15) is 21.6 Å². The molecule has 27 heavy (non-hydrogen) atoms. The molecule has 0 atom stereocenters. The van der Waals surface area contributed by atoms with Crippen molar-refractivity contribution in [2.75, 3.05) is 0 Å². The molecule has 0 unspecified atom stereocenters. The van der Waals surface area contributed by atoms with Gasteiger partial charge in [0.15, 0.2) is 5.69 Å². The summed E-state index contributed by atoms with van der Waals surface area (Å²) in [5, 5.41) is 3.86. The van der Waals surface area contributed by atoms with Crippen molar-refractivity contribution < 1.29 is 22.7 Å². The van der Waals surface area contributed by atoms with Crippen molar-refractivity contribution in [1.29, 1.82) is 0 Å². The van der Waals surface area contributed by atoms with E-state index < -0.39 is 17.8 Å². The molecule has 9 heteroatoms. The van der Waals surface area contributed by atoms with Crippen LogP contribution >= 0.6 is 23.2 Å². The monoisotopic (exact) mass is 414 g/mol. The van der Waals surface area contributed by atoms with Gasteiger partial charge in [-0.05, 0) is 42.8 Å². The van der Waals surface area contributed by atoms with E-state index in [9.17, 15) is 18.0 Å². The quantitative estimate of drug-likeness (QED) is 0.514. The number of aryl methyl sites for hydroxylation is 1. The van der Waals surface area contributed by atoms with E-state index in [0.717, 1.165) is 10.2 Å². The molecular weight excluding hydrogens is 404 g/mol. The minimum Gasteiger partial charge on any atom is -0.404 e. The molecule has 0 spiro atoms. The van der Waals surface area contributed by atoms with Crippen LogP contribution in [0.4, 0.5) is 13.2 Å². The van der Waals surface area contributed by atoms with Gasteiger partial charge in [0, 0.05) is 11.1 Å². The van der Waals surface area contributed by atoms with Crippen molar-refractivity contribution in [2.24, 2.45) is 0 Å². The smallest absolute Gasteiger partial charge is 0.404 e. The van der Waals surface area contributed by atoms with Crippen molar-refractivity contribution in [3.8, 4) is 11.6 Å². The molecule has 1 heterocycles. The van der Waals surface area contributed by atoms with Crippen LogP contribution in [0.25, 0.3) is 5.69 Å². The lowest BCUT2D eigenvalue weighted by Crippen LogP contribution is -2.12. The Hall–Kier alpha value is -2.51. The highest BCUT2D eigenvalue weighted by molar-refractivity contribution is 6.36. The normalized spacial score (nSPS) is 11.5. The molecule has 0 radical (unpaired) electrons. The van der Waals surface area contributed by atoms with E-state index in [1.54, 1.807) is 31.2 Å². The molecule has 0 aliphatic carbocycles. The maximum atomic E-state index is 13.1. The van der Waals surface area contributed by atoms with E-state index >= 15 is 0 Å². The average molecular weight is 415 g/mol. The van der Waals surface area contributed by atoms with E-state index in [0.29, 0.717) is 16.8 Å². The van der Waals surface area contributed by atoms with Gasteiger partial charge >= 0.3 is 12.1 Å². The van der Waals surface area contributed by atoms with Crippen LogP contribution in [0.2, 0.25) is 10.0 Å². The molecule has 0 amide bonds. The molecule has 0 N–H and O–H groups in total. The summed E-state index contributed by atoms with van der Waals surface area (Å²) in [6, 6.07) is 11.3. The molecule has 0 saturated carbocycles. The first-order valence-electron chi connectivity index (χ1n) is 7.56. The number of rotatable bonds is 3. The zero-order valence-electron chi connectivity index (χ0n) is 13.7. The number of alkyl halides is 3. The highest BCUT2D eigenvalue weighted by Crippen LogP contribution is 2.33. The van der Waals surface area contributed by atoms with Gasteiger partial charge in [-0.15, -0.1) is 0 Å². The molecule has 3 aromatic rings. The SMILES string of the molecule is Cc1cccc(-n2nc(C(F)(F)F)cc2OC(=O)c2ccc(Cl)cc2Cl)c1. The summed E-state index contributed by atoms with van der Waals surface area (Å²) in [6.45, 7) is 1.77. The third kappa shape index (κ3) is 4.26. The summed E-state index contributed by atoms with van der Waals surface area (Å²) in [6.07, 6.45) is -4.70. The zero-order valence-corrected chi connectivity index (χ0v) is 15.2. The summed E-state index contributed by atoms with van der Waals surface area (Å²) < 4.78 is 45.3. The Kier molecular flexibility index (Phi) is 5.17.